The molecule has 0 spiro atoms. The molecule has 1 N–H and O–H groups in total. The lowest BCUT2D eigenvalue weighted by Gasteiger charge is -2.39. The second kappa shape index (κ2) is 5.57. The Kier molecular flexibility index (Phi) is 4.04. The minimum absolute atomic E-state index is 0.0226. The van der Waals surface area contributed by atoms with E-state index < -0.39 is 0 Å². The van der Waals surface area contributed by atoms with Crippen LogP contribution in [0, 0.1) is 0 Å². The average Bonchev–Trinajstić information content (AvgIpc) is 2.46. The molecule has 5 nitrogen and oxygen atoms in total. The number of anilines is 1. The van der Waals surface area contributed by atoms with Gasteiger partial charge in [0.25, 0.3) is 5.91 Å². The van der Waals surface area contributed by atoms with Gasteiger partial charge in [-0.2, -0.15) is 0 Å². The highest BCUT2D eigenvalue weighted by molar-refractivity contribution is 5.92. The van der Waals surface area contributed by atoms with Gasteiger partial charge in [0, 0.05) is 27.2 Å². The SMILES string of the molecule is CNc1ccc(C(=O)N2CCCC(C)(OC)C2)nc1. The lowest BCUT2D eigenvalue weighted by molar-refractivity contribution is -0.0441. The van der Waals surface area contributed by atoms with E-state index in [0.29, 0.717) is 12.2 Å². The number of hydrogen-bond donors (Lipinski definition) is 1. The van der Waals surface area contributed by atoms with Crippen LogP contribution in [-0.2, 0) is 4.74 Å². The Labute approximate surface area is 114 Å². The molecule has 0 bridgehead atoms. The van der Waals surface area contributed by atoms with Crippen LogP contribution in [0.5, 0.6) is 0 Å². The predicted molar refractivity (Wildman–Crippen MR) is 74.3 cm³/mol. The molecule has 1 aliphatic rings. The smallest absolute Gasteiger partial charge is 0.272 e. The summed E-state index contributed by atoms with van der Waals surface area (Å²) >= 11 is 0. The Balaban J connectivity index is 2.10. The van der Waals surface area contributed by atoms with Crippen molar-refractivity contribution in [1.29, 1.82) is 0 Å². The number of ether oxygens (including phenoxy) is 1. The number of likely N-dealkylation sites (tertiary alicyclic amines) is 1. The normalized spacial score (nSPS) is 23.2. The maximum atomic E-state index is 12.4. The Hall–Kier alpha value is -1.62. The van der Waals surface area contributed by atoms with Crippen molar-refractivity contribution in [3.05, 3.63) is 24.0 Å². The first kappa shape index (κ1) is 13.8. The van der Waals surface area contributed by atoms with Crippen molar-refractivity contribution in [2.45, 2.75) is 25.4 Å². The number of rotatable bonds is 3. The van der Waals surface area contributed by atoms with Gasteiger partial charge in [0.05, 0.1) is 17.5 Å². The van der Waals surface area contributed by atoms with E-state index in [2.05, 4.69) is 10.3 Å². The molecule has 104 valence electrons. The fourth-order valence-corrected chi connectivity index (χ4v) is 2.38. The van der Waals surface area contributed by atoms with Crippen LogP contribution < -0.4 is 5.32 Å². The highest BCUT2D eigenvalue weighted by Crippen LogP contribution is 2.24. The van der Waals surface area contributed by atoms with Crippen molar-refractivity contribution < 1.29 is 9.53 Å². The summed E-state index contributed by atoms with van der Waals surface area (Å²) < 4.78 is 5.51. The minimum Gasteiger partial charge on any atom is -0.387 e. The fourth-order valence-electron chi connectivity index (χ4n) is 2.38. The topological polar surface area (TPSA) is 54.5 Å². The van der Waals surface area contributed by atoms with E-state index in [9.17, 15) is 4.79 Å². The summed E-state index contributed by atoms with van der Waals surface area (Å²) in [7, 11) is 3.53. The van der Waals surface area contributed by atoms with Gasteiger partial charge < -0.3 is 15.0 Å². The number of methoxy groups -OCH3 is 1. The molecule has 1 saturated heterocycles. The monoisotopic (exact) mass is 263 g/mol. The van der Waals surface area contributed by atoms with Crippen LogP contribution in [0.4, 0.5) is 5.69 Å². The van der Waals surface area contributed by atoms with E-state index in [4.69, 9.17) is 4.74 Å². The summed E-state index contributed by atoms with van der Waals surface area (Å²) in [5.74, 6) is -0.0226. The molecule has 0 saturated carbocycles. The molecule has 2 rings (SSSR count). The zero-order chi connectivity index (χ0) is 13.9. The molecule has 1 aromatic rings. The van der Waals surface area contributed by atoms with E-state index in [1.807, 2.05) is 24.9 Å². The highest BCUT2D eigenvalue weighted by Gasteiger charge is 2.33. The first-order chi connectivity index (χ1) is 9.08. The van der Waals surface area contributed by atoms with Crippen LogP contribution >= 0.6 is 0 Å². The van der Waals surface area contributed by atoms with Crippen molar-refractivity contribution in [2.75, 3.05) is 32.6 Å². The summed E-state index contributed by atoms with van der Waals surface area (Å²) in [4.78, 5) is 18.4. The largest absolute Gasteiger partial charge is 0.387 e. The highest BCUT2D eigenvalue weighted by atomic mass is 16.5. The molecule has 0 radical (unpaired) electrons. The maximum absolute atomic E-state index is 12.4. The van der Waals surface area contributed by atoms with E-state index >= 15 is 0 Å². The zero-order valence-corrected chi connectivity index (χ0v) is 11.8. The number of aromatic nitrogens is 1. The Morgan fingerprint density at radius 1 is 1.53 bits per heavy atom. The standard InChI is InChI=1S/C14H21N3O2/c1-14(19-3)7-4-8-17(10-14)13(18)12-6-5-11(15-2)9-16-12/h5-6,9,15H,4,7-8,10H2,1-3H3. The second-order valence-corrected chi connectivity index (χ2v) is 5.17. The van der Waals surface area contributed by atoms with Crippen LogP contribution in [0.15, 0.2) is 18.3 Å². The van der Waals surface area contributed by atoms with Gasteiger partial charge in [-0.05, 0) is 31.9 Å². The molecule has 0 aliphatic carbocycles. The first-order valence-electron chi connectivity index (χ1n) is 6.56. The zero-order valence-electron chi connectivity index (χ0n) is 11.8. The molecule has 1 atom stereocenters. The Morgan fingerprint density at radius 3 is 2.89 bits per heavy atom. The molecule has 19 heavy (non-hydrogen) atoms. The number of piperidine rings is 1. The number of pyridine rings is 1. The molecule has 1 aromatic heterocycles. The van der Waals surface area contributed by atoms with Crippen molar-refractivity contribution in [1.82, 2.24) is 9.88 Å². The van der Waals surface area contributed by atoms with Crippen molar-refractivity contribution in [3.8, 4) is 0 Å². The molecular formula is C14H21N3O2. The van der Waals surface area contributed by atoms with Gasteiger partial charge in [0.15, 0.2) is 0 Å². The van der Waals surface area contributed by atoms with Gasteiger partial charge in [0.2, 0.25) is 0 Å². The summed E-state index contributed by atoms with van der Waals surface area (Å²) in [6.07, 6.45) is 3.62. The van der Waals surface area contributed by atoms with Crippen LogP contribution in [0.3, 0.4) is 0 Å². The third-order valence-electron chi connectivity index (χ3n) is 3.71. The number of amides is 1. The first-order valence-corrected chi connectivity index (χ1v) is 6.56. The van der Waals surface area contributed by atoms with E-state index in [1.54, 1.807) is 19.4 Å². The maximum Gasteiger partial charge on any atom is 0.272 e. The third-order valence-corrected chi connectivity index (χ3v) is 3.71. The lowest BCUT2D eigenvalue weighted by atomic mass is 9.94. The minimum atomic E-state index is -0.237. The van der Waals surface area contributed by atoms with Gasteiger partial charge in [-0.3, -0.25) is 4.79 Å². The third kappa shape index (κ3) is 3.04. The van der Waals surface area contributed by atoms with E-state index in [0.717, 1.165) is 25.1 Å². The number of carbonyl (C=O) groups excluding carboxylic acids is 1. The second-order valence-electron chi connectivity index (χ2n) is 5.17. The van der Waals surface area contributed by atoms with E-state index in [1.165, 1.54) is 0 Å². The summed E-state index contributed by atoms with van der Waals surface area (Å²) in [6.45, 7) is 3.44. The van der Waals surface area contributed by atoms with E-state index in [-0.39, 0.29) is 11.5 Å². The molecule has 0 aromatic carbocycles. The number of nitrogens with zero attached hydrogens (tertiary/aromatic N) is 2. The molecule has 1 amide bonds. The quantitative estimate of drug-likeness (QED) is 0.903. The van der Waals surface area contributed by atoms with Crippen LogP contribution in [-0.4, -0.2) is 48.6 Å². The van der Waals surface area contributed by atoms with Crippen LogP contribution in [0.2, 0.25) is 0 Å². The van der Waals surface area contributed by atoms with Crippen LogP contribution in [0.25, 0.3) is 0 Å². The molecule has 5 heteroatoms. The van der Waals surface area contributed by atoms with Gasteiger partial charge in [-0.15, -0.1) is 0 Å². The number of nitrogens with one attached hydrogen (secondary N) is 1. The van der Waals surface area contributed by atoms with Gasteiger partial charge >= 0.3 is 0 Å². The summed E-state index contributed by atoms with van der Waals surface area (Å²) in [5.41, 5.74) is 1.15. The predicted octanol–water partition coefficient (Wildman–Crippen LogP) is 1.76. The Morgan fingerprint density at radius 2 is 2.32 bits per heavy atom. The van der Waals surface area contributed by atoms with Crippen LogP contribution in [0.1, 0.15) is 30.3 Å². The van der Waals surface area contributed by atoms with Gasteiger partial charge in [-0.25, -0.2) is 4.98 Å². The Bertz CT molecular complexity index is 447. The molecule has 1 aliphatic heterocycles. The van der Waals surface area contributed by atoms with Gasteiger partial charge in [0.1, 0.15) is 5.69 Å². The molecule has 1 unspecified atom stereocenters. The van der Waals surface area contributed by atoms with Gasteiger partial charge in [-0.1, -0.05) is 0 Å². The number of carbonyl (C=O) groups is 1. The van der Waals surface area contributed by atoms with Crippen molar-refractivity contribution in [2.24, 2.45) is 0 Å². The summed E-state index contributed by atoms with van der Waals surface area (Å²) in [6, 6.07) is 3.62. The summed E-state index contributed by atoms with van der Waals surface area (Å²) in [5, 5.41) is 2.99. The average molecular weight is 263 g/mol. The fraction of sp³-hybridized carbons (Fsp3) is 0.571. The molecular weight excluding hydrogens is 242 g/mol. The molecule has 2 heterocycles. The lowest BCUT2D eigenvalue weighted by Crippen LogP contribution is -2.49. The molecule has 1 fully saturated rings. The van der Waals surface area contributed by atoms with Crippen molar-refractivity contribution in [3.63, 3.8) is 0 Å². The van der Waals surface area contributed by atoms with Crippen molar-refractivity contribution >= 4 is 11.6 Å². The number of hydrogen-bond acceptors (Lipinski definition) is 4.